The van der Waals surface area contributed by atoms with E-state index in [2.05, 4.69) is 16.8 Å². The second kappa shape index (κ2) is 9.49. The van der Waals surface area contributed by atoms with Crippen LogP contribution in [0.4, 0.5) is 5.69 Å². The van der Waals surface area contributed by atoms with Crippen LogP contribution < -0.4 is 10.2 Å². The van der Waals surface area contributed by atoms with Crippen molar-refractivity contribution in [1.82, 2.24) is 9.88 Å². The maximum absolute atomic E-state index is 13.5. The molecule has 3 aromatic carbocycles. The van der Waals surface area contributed by atoms with Crippen LogP contribution in [0.25, 0.3) is 17.0 Å². The zero-order valence-electron chi connectivity index (χ0n) is 19.0. The minimum atomic E-state index is -0.504. The van der Waals surface area contributed by atoms with E-state index in [0.29, 0.717) is 17.3 Å². The smallest absolute Gasteiger partial charge is 0.270 e. The van der Waals surface area contributed by atoms with Gasteiger partial charge in [-0.25, -0.2) is 0 Å². The van der Waals surface area contributed by atoms with E-state index in [9.17, 15) is 9.59 Å². The Balaban J connectivity index is 1.54. The van der Waals surface area contributed by atoms with Gasteiger partial charge in [-0.05, 0) is 66.2 Å². The first-order valence-corrected chi connectivity index (χ1v) is 12.1. The Bertz CT molecular complexity index is 1490. The molecule has 0 saturated carbocycles. The number of amides is 2. The van der Waals surface area contributed by atoms with Crippen molar-refractivity contribution >= 4 is 63.4 Å². The number of hydrogen-bond acceptors (Lipinski definition) is 3. The third-order valence-electron chi connectivity index (χ3n) is 6.09. The lowest BCUT2D eigenvalue weighted by Gasteiger charge is -2.29. The highest BCUT2D eigenvalue weighted by atomic mass is 35.5. The summed E-state index contributed by atoms with van der Waals surface area (Å²) in [5, 5.41) is 4.37. The third-order valence-corrected chi connectivity index (χ3v) is 6.63. The summed E-state index contributed by atoms with van der Waals surface area (Å²) in [5.41, 5.74) is 4.67. The van der Waals surface area contributed by atoms with E-state index in [1.807, 2.05) is 79.0 Å². The number of para-hydroxylation sites is 1. The fourth-order valence-electron chi connectivity index (χ4n) is 4.24. The molecule has 1 saturated heterocycles. The molecule has 7 heteroatoms. The Morgan fingerprint density at radius 3 is 2.34 bits per heavy atom. The third kappa shape index (κ3) is 4.50. The molecular weight excluding hydrogens is 478 g/mol. The average molecular weight is 500 g/mol. The molecule has 0 bridgehead atoms. The Morgan fingerprint density at radius 2 is 1.63 bits per heavy atom. The fraction of sp³-hybridized carbons (Fsp3) is 0.107. The van der Waals surface area contributed by atoms with Gasteiger partial charge in [0.2, 0.25) is 0 Å². The van der Waals surface area contributed by atoms with E-state index in [0.717, 1.165) is 34.0 Å². The minimum absolute atomic E-state index is 0.0348. The van der Waals surface area contributed by atoms with Gasteiger partial charge >= 0.3 is 0 Å². The van der Waals surface area contributed by atoms with Gasteiger partial charge in [-0.1, -0.05) is 61.0 Å². The van der Waals surface area contributed by atoms with Gasteiger partial charge in [0.25, 0.3) is 11.8 Å². The summed E-state index contributed by atoms with van der Waals surface area (Å²) in [5.74, 6) is -0.950. The van der Waals surface area contributed by atoms with Crippen molar-refractivity contribution in [3.05, 3.63) is 106 Å². The molecule has 2 amide bonds. The first kappa shape index (κ1) is 23.0. The highest BCUT2D eigenvalue weighted by Gasteiger charge is 2.34. The number of aryl methyl sites for hydroxylation is 1. The number of rotatable bonds is 5. The summed E-state index contributed by atoms with van der Waals surface area (Å²) < 4.78 is 2.10. The molecule has 1 N–H and O–H groups in total. The Morgan fingerprint density at radius 1 is 0.943 bits per heavy atom. The van der Waals surface area contributed by atoms with Gasteiger partial charge in [-0.3, -0.25) is 19.8 Å². The van der Waals surface area contributed by atoms with Crippen LogP contribution >= 0.6 is 23.8 Å². The van der Waals surface area contributed by atoms with Crippen molar-refractivity contribution in [2.24, 2.45) is 0 Å². The number of nitrogens with one attached hydrogen (secondary N) is 1. The average Bonchev–Trinajstić information content (AvgIpc) is 3.20. The molecule has 1 aromatic heterocycles. The quantitative estimate of drug-likeness (QED) is 0.216. The van der Waals surface area contributed by atoms with E-state index < -0.39 is 11.8 Å². The monoisotopic (exact) mass is 499 g/mol. The molecule has 0 spiro atoms. The van der Waals surface area contributed by atoms with Crippen molar-refractivity contribution in [3.63, 3.8) is 0 Å². The second-order valence-corrected chi connectivity index (χ2v) is 9.16. The number of carbonyl (C=O) groups excluding carboxylic acids is 2. The number of benzene rings is 3. The van der Waals surface area contributed by atoms with Crippen LogP contribution in [0, 0.1) is 0 Å². The van der Waals surface area contributed by atoms with Crippen LogP contribution in [0.3, 0.4) is 0 Å². The topological polar surface area (TPSA) is 54.3 Å². The lowest BCUT2D eigenvalue weighted by atomic mass is 10.1. The molecule has 35 heavy (non-hydrogen) atoms. The van der Waals surface area contributed by atoms with E-state index in [1.165, 1.54) is 4.90 Å². The molecular formula is C28H22ClN3O2S. The van der Waals surface area contributed by atoms with Gasteiger partial charge in [0, 0.05) is 34.2 Å². The molecule has 4 aromatic rings. The molecule has 0 radical (unpaired) electrons. The van der Waals surface area contributed by atoms with Crippen molar-refractivity contribution < 1.29 is 9.59 Å². The summed E-state index contributed by atoms with van der Waals surface area (Å²) in [7, 11) is 0. The highest BCUT2D eigenvalue weighted by molar-refractivity contribution is 7.80. The first-order valence-electron chi connectivity index (χ1n) is 11.3. The first-order chi connectivity index (χ1) is 16.9. The molecule has 1 aliphatic rings. The normalized spacial score (nSPS) is 15.2. The van der Waals surface area contributed by atoms with Gasteiger partial charge in [-0.15, -0.1) is 0 Å². The van der Waals surface area contributed by atoms with Crippen molar-refractivity contribution in [2.75, 3.05) is 4.90 Å². The van der Waals surface area contributed by atoms with Crippen LogP contribution in [0.5, 0.6) is 0 Å². The predicted molar refractivity (Wildman–Crippen MR) is 145 cm³/mol. The number of aromatic nitrogens is 1. The minimum Gasteiger partial charge on any atom is -0.342 e. The van der Waals surface area contributed by atoms with E-state index >= 15 is 0 Å². The molecule has 0 unspecified atom stereocenters. The molecule has 2 heterocycles. The van der Waals surface area contributed by atoms with Crippen LogP contribution in [0.1, 0.15) is 23.6 Å². The van der Waals surface area contributed by atoms with Crippen molar-refractivity contribution in [2.45, 2.75) is 19.9 Å². The fourth-order valence-corrected chi connectivity index (χ4v) is 4.64. The molecule has 1 fully saturated rings. The van der Waals surface area contributed by atoms with E-state index in [1.54, 1.807) is 6.08 Å². The Labute approximate surface area is 213 Å². The molecule has 0 atom stereocenters. The molecule has 174 valence electrons. The Hall–Kier alpha value is -3.74. The van der Waals surface area contributed by atoms with E-state index in [4.69, 9.17) is 23.8 Å². The largest absolute Gasteiger partial charge is 0.342 e. The number of halogens is 1. The van der Waals surface area contributed by atoms with Crippen LogP contribution in [-0.2, 0) is 22.6 Å². The van der Waals surface area contributed by atoms with Crippen LogP contribution in [-0.4, -0.2) is 21.5 Å². The maximum atomic E-state index is 13.5. The van der Waals surface area contributed by atoms with Crippen molar-refractivity contribution in [1.29, 1.82) is 0 Å². The highest BCUT2D eigenvalue weighted by Crippen LogP contribution is 2.27. The predicted octanol–water partition coefficient (Wildman–Crippen LogP) is 5.74. The summed E-state index contributed by atoms with van der Waals surface area (Å²) in [6, 6.07) is 23.2. The summed E-state index contributed by atoms with van der Waals surface area (Å²) in [6.45, 7) is 2.69. The van der Waals surface area contributed by atoms with Crippen molar-refractivity contribution in [3.8, 4) is 0 Å². The number of hydrogen-bond donors (Lipinski definition) is 1. The lowest BCUT2D eigenvalue weighted by Crippen LogP contribution is -2.54. The van der Waals surface area contributed by atoms with Crippen LogP contribution in [0.2, 0.25) is 5.02 Å². The molecule has 1 aliphatic heterocycles. The maximum Gasteiger partial charge on any atom is 0.270 e. The Kier molecular flexibility index (Phi) is 6.24. The number of nitrogens with zero attached hydrogens (tertiary/aromatic N) is 2. The van der Waals surface area contributed by atoms with Gasteiger partial charge in [0.1, 0.15) is 5.57 Å². The number of anilines is 1. The zero-order valence-corrected chi connectivity index (χ0v) is 20.6. The number of fused-ring (bicyclic) bond motifs is 1. The summed E-state index contributed by atoms with van der Waals surface area (Å²) in [4.78, 5) is 27.7. The summed E-state index contributed by atoms with van der Waals surface area (Å²) >= 11 is 11.4. The van der Waals surface area contributed by atoms with Gasteiger partial charge in [0.05, 0.1) is 5.69 Å². The number of carbonyl (C=O) groups is 2. The summed E-state index contributed by atoms with van der Waals surface area (Å²) in [6.07, 6.45) is 4.49. The second-order valence-electron chi connectivity index (χ2n) is 8.33. The van der Waals surface area contributed by atoms with Crippen LogP contribution in [0.15, 0.2) is 84.6 Å². The molecule has 5 nitrogen and oxygen atoms in total. The SMILES string of the molecule is CCc1ccc(N2C(=O)/C(=C/c3cn(Cc4ccc(Cl)cc4)c4ccccc34)C(=O)NC2=S)cc1. The molecule has 0 aliphatic carbocycles. The van der Waals surface area contributed by atoms with Gasteiger partial charge in [0.15, 0.2) is 5.11 Å². The zero-order chi connectivity index (χ0) is 24.5. The van der Waals surface area contributed by atoms with Gasteiger partial charge in [-0.2, -0.15) is 0 Å². The standard InChI is InChI=1S/C28H22ClN3O2S/c1-2-18-9-13-22(14-10-18)32-27(34)24(26(33)30-28(32)35)15-20-17-31(25-6-4-3-5-23(20)25)16-19-7-11-21(29)12-8-19/h3-15,17H,2,16H2,1H3,(H,30,33,35)/b24-15+. The van der Waals surface area contributed by atoms with E-state index in [-0.39, 0.29) is 10.7 Å². The number of thiocarbonyl (C=S) groups is 1. The lowest BCUT2D eigenvalue weighted by molar-refractivity contribution is -0.122. The molecule has 5 rings (SSSR count). The van der Waals surface area contributed by atoms with Gasteiger partial charge < -0.3 is 4.57 Å².